The first kappa shape index (κ1) is 16.8. The highest BCUT2D eigenvalue weighted by atomic mass is 16.5. The van der Waals surface area contributed by atoms with Gasteiger partial charge in [-0.05, 0) is 18.8 Å². The van der Waals surface area contributed by atoms with Gasteiger partial charge in [0, 0.05) is 12.5 Å². The number of anilines is 2. The lowest BCUT2D eigenvalue weighted by molar-refractivity contribution is 0.262. The van der Waals surface area contributed by atoms with E-state index in [1.807, 2.05) is 6.92 Å². The Labute approximate surface area is 134 Å². The van der Waals surface area contributed by atoms with Crippen LogP contribution in [-0.2, 0) is 6.42 Å². The Morgan fingerprint density at radius 3 is 2.45 bits per heavy atom. The molecule has 0 aliphatic heterocycles. The van der Waals surface area contributed by atoms with Gasteiger partial charge in [0.05, 0.1) is 6.61 Å². The molecule has 0 amide bonds. The van der Waals surface area contributed by atoms with Gasteiger partial charge in [-0.15, -0.1) is 0 Å². The van der Waals surface area contributed by atoms with E-state index < -0.39 is 0 Å². The standard InChI is InChI=1S/C17H30N4O/c1-4-14-20-16(19-13-9-7-5-6-8-10-13)15(18)17(21-14)22-11-12(2)3/h12-13H,4-11,18H2,1-3H3,(H,19,20,21). The molecule has 0 atom stereocenters. The van der Waals surface area contributed by atoms with Crippen LogP contribution in [0.5, 0.6) is 5.88 Å². The van der Waals surface area contributed by atoms with Crippen LogP contribution >= 0.6 is 0 Å². The number of rotatable bonds is 6. The Bertz CT molecular complexity index is 468. The van der Waals surface area contributed by atoms with E-state index in [4.69, 9.17) is 10.5 Å². The number of nitrogens with zero attached hydrogens (tertiary/aromatic N) is 2. The predicted octanol–water partition coefficient (Wildman–Crippen LogP) is 3.79. The van der Waals surface area contributed by atoms with Crippen molar-refractivity contribution in [3.63, 3.8) is 0 Å². The Kier molecular flexibility index (Phi) is 6.28. The van der Waals surface area contributed by atoms with Gasteiger partial charge in [-0.25, -0.2) is 4.98 Å². The third-order valence-corrected chi connectivity index (χ3v) is 4.02. The molecule has 1 saturated carbocycles. The Balaban J connectivity index is 2.15. The van der Waals surface area contributed by atoms with Gasteiger partial charge in [0.2, 0.25) is 5.88 Å². The molecule has 1 aliphatic rings. The van der Waals surface area contributed by atoms with Crippen molar-refractivity contribution in [2.45, 2.75) is 71.8 Å². The first-order valence-electron chi connectivity index (χ1n) is 8.65. The Hall–Kier alpha value is -1.52. The summed E-state index contributed by atoms with van der Waals surface area (Å²) in [6, 6.07) is 0.461. The van der Waals surface area contributed by atoms with Gasteiger partial charge < -0.3 is 15.8 Å². The number of hydrogen-bond acceptors (Lipinski definition) is 5. The van der Waals surface area contributed by atoms with Crippen molar-refractivity contribution in [2.75, 3.05) is 17.7 Å². The maximum Gasteiger partial charge on any atom is 0.242 e. The van der Waals surface area contributed by atoms with E-state index >= 15 is 0 Å². The van der Waals surface area contributed by atoms with Crippen LogP contribution in [0.4, 0.5) is 11.5 Å². The lowest BCUT2D eigenvalue weighted by Crippen LogP contribution is -2.21. The summed E-state index contributed by atoms with van der Waals surface area (Å²) in [5.41, 5.74) is 6.78. The summed E-state index contributed by atoms with van der Waals surface area (Å²) >= 11 is 0. The number of nitrogens with one attached hydrogen (secondary N) is 1. The fourth-order valence-corrected chi connectivity index (χ4v) is 2.73. The minimum absolute atomic E-state index is 0.442. The summed E-state index contributed by atoms with van der Waals surface area (Å²) < 4.78 is 5.78. The predicted molar refractivity (Wildman–Crippen MR) is 91.3 cm³/mol. The molecule has 1 aliphatic carbocycles. The minimum Gasteiger partial charge on any atom is -0.476 e. The molecule has 0 radical (unpaired) electrons. The normalized spacial score (nSPS) is 16.5. The van der Waals surface area contributed by atoms with Gasteiger partial charge in [-0.2, -0.15) is 4.98 Å². The molecular weight excluding hydrogens is 276 g/mol. The molecule has 0 spiro atoms. The monoisotopic (exact) mass is 306 g/mol. The summed E-state index contributed by atoms with van der Waals surface area (Å²) in [5, 5.41) is 3.54. The molecule has 0 saturated heterocycles. The van der Waals surface area contributed by atoms with Crippen molar-refractivity contribution in [3.8, 4) is 5.88 Å². The SMILES string of the molecule is CCc1nc(NC2CCCCCC2)c(N)c(OCC(C)C)n1. The van der Waals surface area contributed by atoms with E-state index in [9.17, 15) is 0 Å². The molecule has 5 nitrogen and oxygen atoms in total. The van der Waals surface area contributed by atoms with Crippen LogP contribution in [0.15, 0.2) is 0 Å². The fraction of sp³-hybridized carbons (Fsp3) is 0.765. The van der Waals surface area contributed by atoms with Crippen LogP contribution in [0.25, 0.3) is 0 Å². The number of hydrogen-bond donors (Lipinski definition) is 2. The third-order valence-electron chi connectivity index (χ3n) is 4.02. The van der Waals surface area contributed by atoms with E-state index in [0.717, 1.165) is 18.1 Å². The molecule has 5 heteroatoms. The first-order valence-corrected chi connectivity index (χ1v) is 8.65. The van der Waals surface area contributed by atoms with Crippen molar-refractivity contribution in [1.29, 1.82) is 0 Å². The highest BCUT2D eigenvalue weighted by Crippen LogP contribution is 2.29. The maximum absolute atomic E-state index is 6.24. The van der Waals surface area contributed by atoms with E-state index in [-0.39, 0.29) is 0 Å². The van der Waals surface area contributed by atoms with Gasteiger partial charge in [0.25, 0.3) is 0 Å². The van der Waals surface area contributed by atoms with Crippen LogP contribution in [0.3, 0.4) is 0 Å². The second-order valence-electron chi connectivity index (χ2n) is 6.60. The average Bonchev–Trinajstić information content (AvgIpc) is 2.76. The van der Waals surface area contributed by atoms with Crippen LogP contribution in [0.1, 0.15) is 65.1 Å². The summed E-state index contributed by atoms with van der Waals surface area (Å²) in [4.78, 5) is 9.01. The Morgan fingerprint density at radius 2 is 1.86 bits per heavy atom. The van der Waals surface area contributed by atoms with E-state index in [1.165, 1.54) is 38.5 Å². The maximum atomic E-state index is 6.24. The lowest BCUT2D eigenvalue weighted by atomic mass is 10.1. The van der Waals surface area contributed by atoms with Gasteiger partial charge >= 0.3 is 0 Å². The smallest absolute Gasteiger partial charge is 0.242 e. The second-order valence-corrected chi connectivity index (χ2v) is 6.60. The highest BCUT2D eigenvalue weighted by molar-refractivity contribution is 5.67. The minimum atomic E-state index is 0.442. The van der Waals surface area contributed by atoms with Crippen LogP contribution < -0.4 is 15.8 Å². The highest BCUT2D eigenvalue weighted by Gasteiger charge is 2.18. The van der Waals surface area contributed by atoms with E-state index in [2.05, 4.69) is 29.1 Å². The number of aromatic nitrogens is 2. The zero-order valence-electron chi connectivity index (χ0n) is 14.2. The molecule has 0 unspecified atom stereocenters. The van der Waals surface area contributed by atoms with Crippen molar-refractivity contribution < 1.29 is 4.74 Å². The molecule has 1 aromatic heterocycles. The van der Waals surface area contributed by atoms with Crippen LogP contribution in [-0.4, -0.2) is 22.6 Å². The topological polar surface area (TPSA) is 73.1 Å². The van der Waals surface area contributed by atoms with Gasteiger partial charge in [-0.1, -0.05) is 46.5 Å². The van der Waals surface area contributed by atoms with Crippen molar-refractivity contribution >= 4 is 11.5 Å². The average molecular weight is 306 g/mol. The van der Waals surface area contributed by atoms with Crippen molar-refractivity contribution in [1.82, 2.24) is 9.97 Å². The Morgan fingerprint density at radius 1 is 1.18 bits per heavy atom. The summed E-state index contributed by atoms with van der Waals surface area (Å²) in [5.74, 6) is 2.50. The second kappa shape index (κ2) is 8.20. The van der Waals surface area contributed by atoms with Crippen LogP contribution in [0, 0.1) is 5.92 Å². The van der Waals surface area contributed by atoms with E-state index in [1.54, 1.807) is 0 Å². The summed E-state index contributed by atoms with van der Waals surface area (Å²) in [6.07, 6.45) is 8.37. The molecule has 1 aromatic rings. The molecule has 3 N–H and O–H groups in total. The number of nitrogen functional groups attached to an aromatic ring is 1. The molecular formula is C17H30N4O. The third kappa shape index (κ3) is 4.75. The number of nitrogens with two attached hydrogens (primary N) is 1. The van der Waals surface area contributed by atoms with Gasteiger partial charge in [0.15, 0.2) is 5.82 Å². The van der Waals surface area contributed by atoms with Crippen molar-refractivity contribution in [2.24, 2.45) is 5.92 Å². The first-order chi connectivity index (χ1) is 10.6. The zero-order valence-corrected chi connectivity index (χ0v) is 14.2. The number of aryl methyl sites for hydroxylation is 1. The zero-order chi connectivity index (χ0) is 15.9. The molecule has 2 rings (SSSR count). The van der Waals surface area contributed by atoms with Crippen molar-refractivity contribution in [3.05, 3.63) is 5.82 Å². The molecule has 22 heavy (non-hydrogen) atoms. The lowest BCUT2D eigenvalue weighted by Gasteiger charge is -2.20. The quantitative estimate of drug-likeness (QED) is 0.782. The van der Waals surface area contributed by atoms with E-state index in [0.29, 0.717) is 30.1 Å². The molecule has 1 heterocycles. The van der Waals surface area contributed by atoms with Gasteiger partial charge in [0.1, 0.15) is 11.5 Å². The molecule has 0 bridgehead atoms. The molecule has 0 aromatic carbocycles. The fourth-order valence-electron chi connectivity index (χ4n) is 2.73. The summed E-state index contributed by atoms with van der Waals surface area (Å²) in [6.45, 7) is 6.89. The largest absolute Gasteiger partial charge is 0.476 e. The molecule has 1 fully saturated rings. The summed E-state index contributed by atoms with van der Waals surface area (Å²) in [7, 11) is 0. The van der Waals surface area contributed by atoms with Gasteiger partial charge in [-0.3, -0.25) is 0 Å². The number of ether oxygens (including phenoxy) is 1. The molecule has 124 valence electrons. The van der Waals surface area contributed by atoms with Crippen LogP contribution in [0.2, 0.25) is 0 Å².